The second-order valence-corrected chi connectivity index (χ2v) is 6.91. The zero-order chi connectivity index (χ0) is 20.8. The molecular weight excluding hydrogens is 370 g/mol. The van der Waals surface area contributed by atoms with Crippen LogP contribution in [0.1, 0.15) is 36.0 Å². The van der Waals surface area contributed by atoms with Gasteiger partial charge in [-0.05, 0) is 29.2 Å². The highest BCUT2D eigenvalue weighted by atomic mass is 16.5. The molecule has 7 heteroatoms. The predicted octanol–water partition coefficient (Wildman–Crippen LogP) is 3.13. The van der Waals surface area contributed by atoms with Gasteiger partial charge in [0, 0.05) is 12.0 Å². The molecule has 1 aliphatic rings. The zero-order valence-electron chi connectivity index (χ0n) is 16.0. The van der Waals surface area contributed by atoms with Gasteiger partial charge in [0.15, 0.2) is 6.61 Å². The first kappa shape index (κ1) is 20.1. The number of ether oxygens (including phenoxy) is 1. The Morgan fingerprint density at radius 2 is 1.93 bits per heavy atom. The average Bonchev–Trinajstić information content (AvgIpc) is 2.72. The fourth-order valence-electron chi connectivity index (χ4n) is 3.22. The molecule has 0 bridgehead atoms. The number of hydrogen-bond acceptors (Lipinski definition) is 5. The van der Waals surface area contributed by atoms with Gasteiger partial charge in [-0.25, -0.2) is 5.01 Å². The van der Waals surface area contributed by atoms with Gasteiger partial charge >= 0.3 is 5.97 Å². The number of benzene rings is 2. The van der Waals surface area contributed by atoms with Crippen molar-refractivity contribution in [1.29, 1.82) is 5.26 Å². The molecule has 1 amide bonds. The second-order valence-electron chi connectivity index (χ2n) is 6.91. The van der Waals surface area contributed by atoms with Crippen LogP contribution in [-0.4, -0.2) is 34.5 Å². The van der Waals surface area contributed by atoms with Crippen LogP contribution in [0.4, 0.5) is 0 Å². The van der Waals surface area contributed by atoms with E-state index in [9.17, 15) is 14.7 Å². The topological polar surface area (TPSA) is 103 Å². The summed E-state index contributed by atoms with van der Waals surface area (Å²) >= 11 is 0. The van der Waals surface area contributed by atoms with E-state index in [2.05, 4.69) is 5.10 Å². The Balaban J connectivity index is 1.77. The number of carboxylic acids is 1. The van der Waals surface area contributed by atoms with E-state index in [4.69, 9.17) is 10.00 Å². The quantitative estimate of drug-likeness (QED) is 0.781. The molecule has 0 aliphatic carbocycles. The van der Waals surface area contributed by atoms with Crippen LogP contribution >= 0.6 is 0 Å². The normalized spacial score (nSPS) is 15.7. The number of aliphatic carboxylic acids is 1. The summed E-state index contributed by atoms with van der Waals surface area (Å²) in [4.78, 5) is 23.8. The molecule has 0 saturated heterocycles. The highest BCUT2D eigenvalue weighted by Crippen LogP contribution is 2.28. The number of nitrogens with zero attached hydrogens (tertiary/aromatic N) is 3. The molecule has 1 heterocycles. The van der Waals surface area contributed by atoms with E-state index in [-0.39, 0.29) is 31.4 Å². The van der Waals surface area contributed by atoms with Crippen molar-refractivity contribution in [3.05, 3.63) is 71.3 Å². The maximum Gasteiger partial charge on any atom is 0.311 e. The van der Waals surface area contributed by atoms with Crippen molar-refractivity contribution in [1.82, 2.24) is 5.01 Å². The first-order chi connectivity index (χ1) is 14.0. The second kappa shape index (κ2) is 9.02. The van der Waals surface area contributed by atoms with Gasteiger partial charge in [0.25, 0.3) is 5.91 Å². The first-order valence-electron chi connectivity index (χ1n) is 9.25. The largest absolute Gasteiger partial charge is 0.481 e. The van der Waals surface area contributed by atoms with Gasteiger partial charge in [0.1, 0.15) is 0 Å². The van der Waals surface area contributed by atoms with Crippen LogP contribution in [0.25, 0.3) is 0 Å². The molecule has 3 rings (SSSR count). The Hall–Kier alpha value is -3.66. The van der Waals surface area contributed by atoms with Gasteiger partial charge in [0.05, 0.1) is 18.5 Å². The van der Waals surface area contributed by atoms with Crippen molar-refractivity contribution >= 4 is 17.8 Å². The van der Waals surface area contributed by atoms with E-state index in [0.29, 0.717) is 11.5 Å². The molecule has 0 aromatic heterocycles. The van der Waals surface area contributed by atoms with Gasteiger partial charge in [-0.15, -0.1) is 5.10 Å². The summed E-state index contributed by atoms with van der Waals surface area (Å²) in [6.07, 6.45) is 0.165. The minimum atomic E-state index is -0.957. The highest BCUT2D eigenvalue weighted by Gasteiger charge is 2.27. The van der Waals surface area contributed by atoms with Gasteiger partial charge in [-0.1, -0.05) is 49.4 Å². The minimum Gasteiger partial charge on any atom is -0.481 e. The lowest BCUT2D eigenvalue weighted by Gasteiger charge is -2.24. The average molecular weight is 391 g/mol. The lowest BCUT2D eigenvalue weighted by molar-refractivity contribution is -0.140. The molecule has 0 spiro atoms. The maximum absolute atomic E-state index is 12.2. The van der Waals surface area contributed by atoms with Crippen LogP contribution in [0, 0.1) is 17.2 Å². The van der Waals surface area contributed by atoms with Crippen LogP contribution in [0.3, 0.4) is 0 Å². The van der Waals surface area contributed by atoms with E-state index in [0.717, 1.165) is 11.1 Å². The van der Waals surface area contributed by atoms with Gasteiger partial charge in [0.2, 0.25) is 5.90 Å². The molecule has 2 aromatic carbocycles. The van der Waals surface area contributed by atoms with Crippen molar-refractivity contribution in [2.24, 2.45) is 11.0 Å². The van der Waals surface area contributed by atoms with E-state index in [1.807, 2.05) is 36.4 Å². The van der Waals surface area contributed by atoms with Crippen LogP contribution in [0.2, 0.25) is 0 Å². The van der Waals surface area contributed by atoms with Gasteiger partial charge in [-0.2, -0.15) is 5.26 Å². The number of carbonyl (C=O) groups excluding carboxylic acids is 1. The standard InChI is InChI=1S/C22H21N3O4/c1-15(11-12-23)20(22(27)28)17-9-7-16(8-10-17)13-25-19(26)14-29-21(24-25)18-5-3-2-4-6-18/h2-10,15,20H,11,13-14H2,1H3,(H,27,28). The lowest BCUT2D eigenvalue weighted by Crippen LogP contribution is -2.36. The fourth-order valence-corrected chi connectivity index (χ4v) is 3.22. The van der Waals surface area contributed by atoms with Crippen molar-refractivity contribution in [3.63, 3.8) is 0 Å². The summed E-state index contributed by atoms with van der Waals surface area (Å²) in [5.41, 5.74) is 2.24. The number of carbonyl (C=O) groups is 2. The number of hydrogen-bond donors (Lipinski definition) is 1. The van der Waals surface area contributed by atoms with Crippen LogP contribution in [0.15, 0.2) is 59.7 Å². The predicted molar refractivity (Wildman–Crippen MR) is 106 cm³/mol. The zero-order valence-corrected chi connectivity index (χ0v) is 16.0. The summed E-state index contributed by atoms with van der Waals surface area (Å²) in [6, 6.07) is 18.4. The molecule has 1 aliphatic heterocycles. The molecule has 7 nitrogen and oxygen atoms in total. The molecule has 29 heavy (non-hydrogen) atoms. The van der Waals surface area contributed by atoms with Crippen LogP contribution in [0.5, 0.6) is 0 Å². The molecular formula is C22H21N3O4. The van der Waals surface area contributed by atoms with Crippen LogP contribution < -0.4 is 0 Å². The monoisotopic (exact) mass is 391 g/mol. The summed E-state index contributed by atoms with van der Waals surface area (Å²) in [5.74, 6) is -1.88. The smallest absolute Gasteiger partial charge is 0.311 e. The third kappa shape index (κ3) is 4.79. The number of rotatable bonds is 7. The number of nitriles is 1. The summed E-state index contributed by atoms with van der Waals surface area (Å²) in [7, 11) is 0. The Morgan fingerprint density at radius 3 is 2.55 bits per heavy atom. The molecule has 1 N–H and O–H groups in total. The van der Waals surface area contributed by atoms with Crippen LogP contribution in [-0.2, 0) is 20.9 Å². The lowest BCUT2D eigenvalue weighted by atomic mass is 9.85. The number of hydrazone groups is 1. The van der Waals surface area contributed by atoms with Crippen molar-refractivity contribution < 1.29 is 19.4 Å². The van der Waals surface area contributed by atoms with Crippen molar-refractivity contribution in [2.75, 3.05) is 6.61 Å². The molecule has 0 fully saturated rings. The highest BCUT2D eigenvalue weighted by molar-refractivity contribution is 5.97. The SMILES string of the molecule is CC(CC#N)C(C(=O)O)c1ccc(CN2N=C(c3ccccc3)OCC2=O)cc1. The first-order valence-corrected chi connectivity index (χ1v) is 9.25. The van der Waals surface area contributed by atoms with Crippen molar-refractivity contribution in [2.45, 2.75) is 25.8 Å². The molecule has 2 aromatic rings. The Labute approximate surface area is 168 Å². The molecule has 2 unspecified atom stereocenters. The molecule has 0 radical (unpaired) electrons. The van der Waals surface area contributed by atoms with Gasteiger partial charge < -0.3 is 9.84 Å². The number of amides is 1. The Morgan fingerprint density at radius 1 is 1.24 bits per heavy atom. The summed E-state index contributed by atoms with van der Waals surface area (Å²) < 4.78 is 5.44. The molecule has 148 valence electrons. The molecule has 0 saturated carbocycles. The van der Waals surface area contributed by atoms with E-state index in [1.54, 1.807) is 31.2 Å². The molecule has 2 atom stereocenters. The summed E-state index contributed by atoms with van der Waals surface area (Å²) in [6.45, 7) is 1.92. The van der Waals surface area contributed by atoms with E-state index < -0.39 is 11.9 Å². The Kier molecular flexibility index (Phi) is 6.25. The third-order valence-corrected chi connectivity index (χ3v) is 4.77. The summed E-state index contributed by atoms with van der Waals surface area (Å²) in [5, 5.41) is 24.1. The van der Waals surface area contributed by atoms with E-state index in [1.165, 1.54) is 5.01 Å². The fraction of sp³-hybridized carbons (Fsp3) is 0.273. The minimum absolute atomic E-state index is 0.0847. The van der Waals surface area contributed by atoms with Gasteiger partial charge in [-0.3, -0.25) is 9.59 Å². The maximum atomic E-state index is 12.2. The van der Waals surface area contributed by atoms with Crippen molar-refractivity contribution in [3.8, 4) is 6.07 Å². The van der Waals surface area contributed by atoms with E-state index >= 15 is 0 Å². The Bertz CT molecular complexity index is 948. The number of carboxylic acid groups (broad SMARTS) is 1. The third-order valence-electron chi connectivity index (χ3n) is 4.77.